The van der Waals surface area contributed by atoms with Crippen molar-refractivity contribution < 1.29 is 24.9 Å². The summed E-state index contributed by atoms with van der Waals surface area (Å²) >= 11 is 0. The van der Waals surface area contributed by atoms with Crippen molar-refractivity contribution in [3.8, 4) is 0 Å². The van der Waals surface area contributed by atoms with Crippen LogP contribution in [0.25, 0.3) is 0 Å². The fraction of sp³-hybridized carbons (Fsp3) is 0.667. The minimum atomic E-state index is -1.80. The Morgan fingerprint density at radius 2 is 2.00 bits per heavy atom. The first-order chi connectivity index (χ1) is 5.09. The van der Waals surface area contributed by atoms with Gasteiger partial charge in [0.2, 0.25) is 0 Å². The van der Waals surface area contributed by atoms with Crippen LogP contribution in [0.15, 0.2) is 0 Å². The molecule has 5 nitrogen and oxygen atoms in total. The predicted octanol–water partition coefficient (Wildman–Crippen LogP) is -1.23. The van der Waals surface area contributed by atoms with E-state index in [4.69, 9.17) is 15.3 Å². The van der Waals surface area contributed by atoms with Gasteiger partial charge in [0, 0.05) is 6.42 Å². The Bertz CT molecular complexity index is 144. The predicted molar refractivity (Wildman–Crippen MR) is 34.9 cm³/mol. The summed E-state index contributed by atoms with van der Waals surface area (Å²) in [6.45, 7) is 0. The van der Waals surface area contributed by atoms with Crippen molar-refractivity contribution >= 4 is 12.3 Å². The normalized spacial score (nSPS) is 15.5. The summed E-state index contributed by atoms with van der Waals surface area (Å²) in [6.07, 6.45) is -2.59. The first-order valence-corrected chi connectivity index (χ1v) is 3.12. The Morgan fingerprint density at radius 1 is 1.45 bits per heavy atom. The third-order valence-electron chi connectivity index (χ3n) is 1.20. The first kappa shape index (κ1) is 10.1. The highest BCUT2D eigenvalue weighted by Crippen LogP contribution is 2.00. The Labute approximate surface area is 63.3 Å². The highest BCUT2D eigenvalue weighted by molar-refractivity contribution is 5.72. The van der Waals surface area contributed by atoms with Gasteiger partial charge >= 0.3 is 5.97 Å². The van der Waals surface area contributed by atoms with Crippen LogP contribution in [0, 0.1) is 0 Å². The molecule has 0 saturated heterocycles. The van der Waals surface area contributed by atoms with Crippen LogP contribution in [0.5, 0.6) is 0 Å². The van der Waals surface area contributed by atoms with Crippen molar-refractivity contribution in [2.45, 2.75) is 25.0 Å². The van der Waals surface area contributed by atoms with Gasteiger partial charge in [-0.3, -0.25) is 0 Å². The fourth-order valence-corrected chi connectivity index (χ4v) is 0.561. The van der Waals surface area contributed by atoms with Gasteiger partial charge < -0.3 is 20.1 Å². The van der Waals surface area contributed by atoms with E-state index in [1.165, 1.54) is 0 Å². The lowest BCUT2D eigenvalue weighted by Gasteiger charge is -2.11. The van der Waals surface area contributed by atoms with Crippen LogP contribution in [0.1, 0.15) is 12.8 Å². The molecule has 2 atom stereocenters. The summed E-state index contributed by atoms with van der Waals surface area (Å²) < 4.78 is 0. The average Bonchev–Trinajstić information content (AvgIpc) is 1.98. The van der Waals surface area contributed by atoms with Crippen molar-refractivity contribution in [2.75, 3.05) is 0 Å². The smallest absolute Gasteiger partial charge is 0.335 e. The number of aliphatic hydroxyl groups excluding tert-OH is 2. The molecule has 0 fully saturated rings. The Kier molecular flexibility index (Phi) is 4.40. The van der Waals surface area contributed by atoms with Gasteiger partial charge in [-0.25, -0.2) is 4.79 Å². The molecule has 0 heterocycles. The van der Waals surface area contributed by atoms with E-state index in [-0.39, 0.29) is 12.8 Å². The van der Waals surface area contributed by atoms with E-state index in [0.29, 0.717) is 6.29 Å². The van der Waals surface area contributed by atoms with Gasteiger partial charge in [0.15, 0.2) is 6.10 Å². The van der Waals surface area contributed by atoms with Gasteiger partial charge in [0.25, 0.3) is 0 Å². The summed E-state index contributed by atoms with van der Waals surface area (Å²) in [5, 5.41) is 25.6. The van der Waals surface area contributed by atoms with E-state index in [0.717, 1.165) is 0 Å². The summed E-state index contributed by atoms with van der Waals surface area (Å²) in [4.78, 5) is 19.8. The quantitative estimate of drug-likeness (QED) is 0.440. The zero-order chi connectivity index (χ0) is 8.85. The van der Waals surface area contributed by atoms with Crippen molar-refractivity contribution in [2.24, 2.45) is 0 Å². The van der Waals surface area contributed by atoms with Gasteiger partial charge in [-0.05, 0) is 6.42 Å². The Morgan fingerprint density at radius 3 is 2.36 bits per heavy atom. The molecule has 0 bridgehead atoms. The second kappa shape index (κ2) is 4.81. The zero-order valence-corrected chi connectivity index (χ0v) is 5.80. The molecule has 3 N–H and O–H groups in total. The number of aliphatic carboxylic acids is 1. The minimum Gasteiger partial charge on any atom is -0.479 e. The number of carboxylic acid groups (broad SMARTS) is 1. The molecule has 0 aliphatic carbocycles. The summed E-state index contributed by atoms with van der Waals surface area (Å²) in [6, 6.07) is 0. The van der Waals surface area contributed by atoms with Gasteiger partial charge in [-0.15, -0.1) is 0 Å². The van der Waals surface area contributed by atoms with Crippen LogP contribution in [0.4, 0.5) is 0 Å². The third-order valence-corrected chi connectivity index (χ3v) is 1.20. The standard InChI is InChI=1S/C6H10O5/c7-3-1-2-4(8)5(9)6(10)11/h3-5,8-9H,1-2H2,(H,10,11)/t4-,5-/m0/s1. The van der Waals surface area contributed by atoms with Crippen LogP contribution in [0.3, 0.4) is 0 Å². The number of carbonyl (C=O) groups is 2. The van der Waals surface area contributed by atoms with E-state index >= 15 is 0 Å². The Balaban J connectivity index is 3.72. The number of carbonyl (C=O) groups excluding carboxylic acids is 1. The molecule has 0 aromatic rings. The molecule has 0 saturated carbocycles. The highest BCUT2D eigenvalue weighted by atomic mass is 16.4. The highest BCUT2D eigenvalue weighted by Gasteiger charge is 2.22. The fourth-order valence-electron chi connectivity index (χ4n) is 0.561. The van der Waals surface area contributed by atoms with Gasteiger partial charge in [-0.1, -0.05) is 0 Å². The lowest BCUT2D eigenvalue weighted by molar-refractivity contribution is -0.153. The number of carboxylic acids is 1. The maximum atomic E-state index is 10.0. The number of aliphatic hydroxyl groups is 2. The van der Waals surface area contributed by atoms with E-state index in [2.05, 4.69) is 0 Å². The summed E-state index contributed by atoms with van der Waals surface area (Å²) in [5.41, 5.74) is 0. The van der Waals surface area contributed by atoms with Gasteiger partial charge in [0.05, 0.1) is 6.10 Å². The van der Waals surface area contributed by atoms with Crippen LogP contribution in [0.2, 0.25) is 0 Å². The number of rotatable bonds is 5. The van der Waals surface area contributed by atoms with Crippen molar-refractivity contribution in [3.05, 3.63) is 0 Å². The molecule has 5 heteroatoms. The Hall–Kier alpha value is -0.940. The van der Waals surface area contributed by atoms with E-state index in [1.54, 1.807) is 0 Å². The average molecular weight is 162 g/mol. The van der Waals surface area contributed by atoms with Crippen LogP contribution in [-0.4, -0.2) is 39.8 Å². The maximum absolute atomic E-state index is 10.0. The molecule has 0 radical (unpaired) electrons. The molecule has 0 aliphatic rings. The van der Waals surface area contributed by atoms with E-state index in [1.807, 2.05) is 0 Å². The molecule has 0 unspecified atom stereocenters. The molecule has 64 valence electrons. The van der Waals surface area contributed by atoms with Crippen LogP contribution < -0.4 is 0 Å². The SMILES string of the molecule is O=CCC[C@H](O)[C@H](O)C(=O)O. The molecule has 0 aliphatic heterocycles. The molecule has 0 aromatic carbocycles. The lowest BCUT2D eigenvalue weighted by Crippen LogP contribution is -2.33. The first-order valence-electron chi connectivity index (χ1n) is 3.12. The molecule has 0 rings (SSSR count). The topological polar surface area (TPSA) is 94.8 Å². The number of hydrogen-bond acceptors (Lipinski definition) is 4. The lowest BCUT2D eigenvalue weighted by atomic mass is 10.1. The van der Waals surface area contributed by atoms with Gasteiger partial charge in [-0.2, -0.15) is 0 Å². The molecule has 0 amide bonds. The van der Waals surface area contributed by atoms with E-state index < -0.39 is 18.2 Å². The second-order valence-corrected chi connectivity index (χ2v) is 2.09. The van der Waals surface area contributed by atoms with Crippen molar-refractivity contribution in [1.29, 1.82) is 0 Å². The molecular weight excluding hydrogens is 152 g/mol. The van der Waals surface area contributed by atoms with Crippen molar-refractivity contribution in [3.63, 3.8) is 0 Å². The van der Waals surface area contributed by atoms with Crippen molar-refractivity contribution in [1.82, 2.24) is 0 Å². The van der Waals surface area contributed by atoms with Crippen LogP contribution in [-0.2, 0) is 9.59 Å². The monoisotopic (exact) mass is 162 g/mol. The molecule has 11 heavy (non-hydrogen) atoms. The van der Waals surface area contributed by atoms with E-state index in [9.17, 15) is 9.59 Å². The second-order valence-electron chi connectivity index (χ2n) is 2.09. The molecular formula is C6H10O5. The van der Waals surface area contributed by atoms with Gasteiger partial charge in [0.1, 0.15) is 6.29 Å². The maximum Gasteiger partial charge on any atom is 0.335 e. The third kappa shape index (κ3) is 3.69. The summed E-state index contributed by atoms with van der Waals surface area (Å²) in [5.74, 6) is -1.48. The molecule has 0 aromatic heterocycles. The minimum absolute atomic E-state index is 0.0308. The zero-order valence-electron chi connectivity index (χ0n) is 5.80. The number of hydrogen-bond donors (Lipinski definition) is 3. The van der Waals surface area contributed by atoms with Crippen LogP contribution >= 0.6 is 0 Å². The largest absolute Gasteiger partial charge is 0.479 e. The number of aldehydes is 1. The summed E-state index contributed by atoms with van der Waals surface area (Å²) in [7, 11) is 0. The molecule has 0 spiro atoms.